The topological polar surface area (TPSA) is 72.7 Å². The Morgan fingerprint density at radius 2 is 1.85 bits per heavy atom. The third-order valence-corrected chi connectivity index (χ3v) is 4.04. The van der Waals surface area contributed by atoms with Crippen LogP contribution in [0.4, 0.5) is 0 Å². The number of amides is 1. The largest absolute Gasteiger partial charge is 0.497 e. The summed E-state index contributed by atoms with van der Waals surface area (Å²) < 4.78 is 6.67. The van der Waals surface area contributed by atoms with Gasteiger partial charge in [-0.3, -0.25) is 14.2 Å². The van der Waals surface area contributed by atoms with Gasteiger partial charge in [0.15, 0.2) is 0 Å². The number of hydrazone groups is 1. The molecule has 0 saturated heterocycles. The number of aromatic nitrogens is 1. The van der Waals surface area contributed by atoms with E-state index in [0.717, 1.165) is 16.5 Å². The fraction of sp³-hybridized carbons (Fsp3) is 0.0952. The lowest BCUT2D eigenvalue weighted by Gasteiger charge is -2.01. The van der Waals surface area contributed by atoms with Gasteiger partial charge >= 0.3 is 0 Å². The maximum Gasteiger partial charge on any atom is 0.271 e. The fourth-order valence-corrected chi connectivity index (χ4v) is 2.69. The Balaban J connectivity index is 1.67. The average Bonchev–Trinajstić information content (AvgIpc) is 3.07. The van der Waals surface area contributed by atoms with Gasteiger partial charge in [-0.15, -0.1) is 0 Å². The molecule has 0 aliphatic rings. The number of ether oxygens (including phenoxy) is 1. The van der Waals surface area contributed by atoms with Crippen LogP contribution >= 0.6 is 0 Å². The van der Waals surface area contributed by atoms with E-state index in [2.05, 4.69) is 10.5 Å². The summed E-state index contributed by atoms with van der Waals surface area (Å²) in [7, 11) is 1.57. The minimum atomic E-state index is -0.310. The Morgan fingerprint density at radius 3 is 2.56 bits per heavy atom. The number of hydrogen-bond acceptors (Lipinski definition) is 4. The van der Waals surface area contributed by atoms with Gasteiger partial charge in [-0.2, -0.15) is 5.10 Å². The maximum atomic E-state index is 12.0. The summed E-state index contributed by atoms with van der Waals surface area (Å²) in [5.74, 6) is 0.324. The van der Waals surface area contributed by atoms with Gasteiger partial charge in [0, 0.05) is 35.8 Å². The molecule has 0 bridgehead atoms. The van der Waals surface area contributed by atoms with Gasteiger partial charge in [0.25, 0.3) is 5.91 Å². The first kappa shape index (κ1) is 18.1. The van der Waals surface area contributed by atoms with Crippen molar-refractivity contribution in [2.45, 2.75) is 6.92 Å². The number of para-hydroxylation sites is 1. The van der Waals surface area contributed by atoms with Crippen molar-refractivity contribution < 1.29 is 14.3 Å². The third-order valence-electron chi connectivity index (χ3n) is 4.04. The Bertz CT molecular complexity index is 1030. The summed E-state index contributed by atoms with van der Waals surface area (Å²) >= 11 is 0. The molecule has 1 N–H and O–H groups in total. The molecule has 0 unspecified atom stereocenters. The van der Waals surface area contributed by atoms with E-state index in [-0.39, 0.29) is 11.8 Å². The van der Waals surface area contributed by atoms with Crippen molar-refractivity contribution in [3.8, 4) is 5.75 Å². The summed E-state index contributed by atoms with van der Waals surface area (Å²) in [6.07, 6.45) is 6.82. The molecule has 0 saturated carbocycles. The molecule has 136 valence electrons. The number of rotatable bonds is 5. The van der Waals surface area contributed by atoms with Gasteiger partial charge in [-0.05, 0) is 36.4 Å². The highest BCUT2D eigenvalue weighted by molar-refractivity contribution is 5.98. The number of allylic oxidation sites excluding steroid dienone is 1. The summed E-state index contributed by atoms with van der Waals surface area (Å²) in [6.45, 7) is 1.52. The van der Waals surface area contributed by atoms with Crippen molar-refractivity contribution in [1.29, 1.82) is 0 Å². The monoisotopic (exact) mass is 361 g/mol. The smallest absolute Gasteiger partial charge is 0.271 e. The second-order valence-electron chi connectivity index (χ2n) is 5.80. The van der Waals surface area contributed by atoms with Crippen LogP contribution in [0.3, 0.4) is 0 Å². The van der Waals surface area contributed by atoms with Gasteiger partial charge in [-0.1, -0.05) is 24.3 Å². The zero-order chi connectivity index (χ0) is 19.2. The van der Waals surface area contributed by atoms with Crippen LogP contribution in [0.5, 0.6) is 5.75 Å². The number of nitrogens with zero attached hydrogens (tertiary/aromatic N) is 2. The van der Waals surface area contributed by atoms with Crippen LogP contribution in [-0.4, -0.2) is 29.7 Å². The van der Waals surface area contributed by atoms with E-state index < -0.39 is 0 Å². The van der Waals surface area contributed by atoms with E-state index in [9.17, 15) is 9.59 Å². The van der Waals surface area contributed by atoms with Gasteiger partial charge in [0.2, 0.25) is 5.91 Å². The lowest BCUT2D eigenvalue weighted by atomic mass is 10.1. The Labute approximate surface area is 156 Å². The standard InChI is InChI=1S/C21H19N3O3/c1-15(25)24-14-17(19-7-3-4-8-20(19)24)6-5-13-22-23-21(26)16-9-11-18(27-2)12-10-16/h3-14H,1-2H3,(H,23,26)/b6-5+,22-13+. The van der Waals surface area contributed by atoms with Crippen molar-refractivity contribution in [1.82, 2.24) is 9.99 Å². The number of fused-ring (bicyclic) bond motifs is 1. The Kier molecular flexibility index (Phi) is 5.47. The highest BCUT2D eigenvalue weighted by Gasteiger charge is 2.08. The van der Waals surface area contributed by atoms with Gasteiger partial charge in [0.1, 0.15) is 5.75 Å². The van der Waals surface area contributed by atoms with Crippen molar-refractivity contribution >= 4 is 35.0 Å². The second-order valence-corrected chi connectivity index (χ2v) is 5.80. The molecule has 0 fully saturated rings. The number of hydrogen-bond donors (Lipinski definition) is 1. The van der Waals surface area contributed by atoms with Gasteiger partial charge in [-0.25, -0.2) is 5.43 Å². The number of benzene rings is 2. The van der Waals surface area contributed by atoms with Crippen molar-refractivity contribution in [2.75, 3.05) is 7.11 Å². The lowest BCUT2D eigenvalue weighted by Crippen LogP contribution is -2.17. The zero-order valence-electron chi connectivity index (χ0n) is 15.0. The van der Waals surface area contributed by atoms with Crippen molar-refractivity contribution in [3.63, 3.8) is 0 Å². The van der Waals surface area contributed by atoms with E-state index in [1.807, 2.05) is 30.3 Å². The second kappa shape index (κ2) is 8.14. The molecule has 1 heterocycles. The quantitative estimate of drug-likeness (QED) is 0.556. The molecule has 0 aliphatic carbocycles. The van der Waals surface area contributed by atoms with Crippen LogP contribution in [0.25, 0.3) is 17.0 Å². The first-order chi connectivity index (χ1) is 13.1. The van der Waals surface area contributed by atoms with Gasteiger partial charge < -0.3 is 4.74 Å². The molecule has 1 amide bonds. The molecule has 27 heavy (non-hydrogen) atoms. The molecule has 3 rings (SSSR count). The van der Waals surface area contributed by atoms with E-state index in [0.29, 0.717) is 11.3 Å². The summed E-state index contributed by atoms with van der Waals surface area (Å²) in [6, 6.07) is 14.4. The molecule has 0 atom stereocenters. The normalized spacial score (nSPS) is 11.3. The number of methoxy groups -OCH3 is 1. The summed E-state index contributed by atoms with van der Waals surface area (Å²) in [5.41, 5.74) is 4.70. The number of carbonyl (C=O) groups excluding carboxylic acids is 2. The number of nitrogens with one attached hydrogen (secondary N) is 1. The first-order valence-electron chi connectivity index (χ1n) is 8.35. The molecule has 1 aromatic heterocycles. The predicted molar refractivity (Wildman–Crippen MR) is 106 cm³/mol. The molecular weight excluding hydrogens is 342 g/mol. The van der Waals surface area contributed by atoms with E-state index in [4.69, 9.17) is 4.74 Å². The Hall–Kier alpha value is -3.67. The molecule has 6 nitrogen and oxygen atoms in total. The fourth-order valence-electron chi connectivity index (χ4n) is 2.69. The van der Waals surface area contributed by atoms with Crippen LogP contribution in [0.15, 0.2) is 65.9 Å². The maximum absolute atomic E-state index is 12.0. The first-order valence-corrected chi connectivity index (χ1v) is 8.35. The van der Waals surface area contributed by atoms with Gasteiger partial charge in [0.05, 0.1) is 12.6 Å². The van der Waals surface area contributed by atoms with Crippen molar-refractivity contribution in [3.05, 3.63) is 71.9 Å². The van der Waals surface area contributed by atoms with Crippen LogP contribution < -0.4 is 10.2 Å². The van der Waals surface area contributed by atoms with Crippen LogP contribution in [0, 0.1) is 0 Å². The summed E-state index contributed by atoms with van der Waals surface area (Å²) in [5, 5.41) is 4.88. The molecule has 2 aromatic carbocycles. The lowest BCUT2D eigenvalue weighted by molar-refractivity contribution is 0.0937. The predicted octanol–water partition coefficient (Wildman–Crippen LogP) is 3.74. The summed E-state index contributed by atoms with van der Waals surface area (Å²) in [4.78, 5) is 23.8. The van der Waals surface area contributed by atoms with E-state index >= 15 is 0 Å². The molecule has 6 heteroatoms. The minimum Gasteiger partial charge on any atom is -0.497 e. The van der Waals surface area contributed by atoms with Crippen molar-refractivity contribution in [2.24, 2.45) is 5.10 Å². The molecule has 0 radical (unpaired) electrons. The Morgan fingerprint density at radius 1 is 1.11 bits per heavy atom. The molecule has 3 aromatic rings. The van der Waals surface area contributed by atoms with Crippen LogP contribution in [0.1, 0.15) is 27.6 Å². The van der Waals surface area contributed by atoms with Crippen LogP contribution in [-0.2, 0) is 0 Å². The molecule has 0 aliphatic heterocycles. The third kappa shape index (κ3) is 4.12. The average molecular weight is 361 g/mol. The molecule has 0 spiro atoms. The van der Waals surface area contributed by atoms with E-state index in [1.165, 1.54) is 13.1 Å². The zero-order valence-corrected chi connectivity index (χ0v) is 15.0. The SMILES string of the molecule is COc1ccc(C(=O)N/N=C/C=C/c2cn(C(C)=O)c3ccccc23)cc1. The highest BCUT2D eigenvalue weighted by atomic mass is 16.5. The number of carbonyl (C=O) groups is 2. The highest BCUT2D eigenvalue weighted by Crippen LogP contribution is 2.22. The van der Waals surface area contributed by atoms with Crippen LogP contribution in [0.2, 0.25) is 0 Å². The van der Waals surface area contributed by atoms with E-state index in [1.54, 1.807) is 48.2 Å². The molecular formula is C21H19N3O3. The minimum absolute atomic E-state index is 0.0497.